The number of carbonyl (C=O) groups excluding carboxylic acids is 1. The number of anilines is 3. The largest absolute Gasteiger partial charge is 0.356 e. The van der Waals surface area contributed by atoms with Crippen LogP contribution in [0.4, 0.5) is 22.1 Å². The number of hydrogen-bond donors (Lipinski definition) is 1. The van der Waals surface area contributed by atoms with Gasteiger partial charge in [0.15, 0.2) is 0 Å². The summed E-state index contributed by atoms with van der Waals surface area (Å²) in [7, 11) is 0. The molecule has 0 unspecified atom stereocenters. The highest BCUT2D eigenvalue weighted by molar-refractivity contribution is 5.89. The van der Waals surface area contributed by atoms with Gasteiger partial charge in [-0.15, -0.1) is 0 Å². The Morgan fingerprint density at radius 1 is 0.966 bits per heavy atom. The molecule has 7 nitrogen and oxygen atoms in total. The molecule has 2 fully saturated rings. The molecule has 7 heteroatoms. The Morgan fingerprint density at radius 2 is 1.62 bits per heavy atom. The number of aryl methyl sites for hydroxylation is 2. The molecule has 29 heavy (non-hydrogen) atoms. The molecule has 2 saturated heterocycles. The molecule has 0 aliphatic carbocycles. The lowest BCUT2D eigenvalue weighted by atomic mass is 10.1. The van der Waals surface area contributed by atoms with E-state index in [0.717, 1.165) is 55.7 Å². The lowest BCUT2D eigenvalue weighted by molar-refractivity contribution is 0.208. The summed E-state index contributed by atoms with van der Waals surface area (Å²) in [5.74, 6) is 2.80. The highest BCUT2D eigenvalue weighted by Crippen LogP contribution is 2.23. The second kappa shape index (κ2) is 8.68. The van der Waals surface area contributed by atoms with Gasteiger partial charge in [-0.3, -0.25) is 0 Å². The highest BCUT2D eigenvalue weighted by atomic mass is 16.2. The van der Waals surface area contributed by atoms with Crippen molar-refractivity contribution >= 4 is 23.4 Å². The molecule has 1 aromatic heterocycles. The predicted molar refractivity (Wildman–Crippen MR) is 117 cm³/mol. The van der Waals surface area contributed by atoms with Crippen LogP contribution in [0.15, 0.2) is 30.3 Å². The van der Waals surface area contributed by atoms with Gasteiger partial charge in [0, 0.05) is 51.0 Å². The number of nitrogens with zero attached hydrogens (tertiary/aromatic N) is 5. The number of piperazine rings is 1. The molecule has 1 aromatic carbocycles. The van der Waals surface area contributed by atoms with Crippen molar-refractivity contribution in [2.45, 2.75) is 33.1 Å². The van der Waals surface area contributed by atoms with Crippen LogP contribution in [0, 0.1) is 6.92 Å². The molecule has 4 rings (SSSR count). The topological polar surface area (TPSA) is 64.6 Å². The van der Waals surface area contributed by atoms with Gasteiger partial charge in [0.1, 0.15) is 17.5 Å². The average molecular weight is 395 g/mol. The summed E-state index contributed by atoms with van der Waals surface area (Å²) in [5, 5.41) is 3.03. The van der Waals surface area contributed by atoms with Gasteiger partial charge in [-0.2, -0.15) is 0 Å². The molecule has 0 radical (unpaired) electrons. The number of hydrogen-bond acceptors (Lipinski definition) is 5. The summed E-state index contributed by atoms with van der Waals surface area (Å²) >= 11 is 0. The van der Waals surface area contributed by atoms with Crippen LogP contribution in [-0.4, -0.2) is 60.2 Å². The van der Waals surface area contributed by atoms with Crippen LogP contribution in [0.25, 0.3) is 0 Å². The predicted octanol–water partition coefficient (Wildman–Crippen LogP) is 3.30. The van der Waals surface area contributed by atoms with Crippen LogP contribution in [0.2, 0.25) is 0 Å². The van der Waals surface area contributed by atoms with Crippen molar-refractivity contribution in [1.29, 1.82) is 0 Å². The number of carbonyl (C=O) groups is 1. The lowest BCUT2D eigenvalue weighted by Crippen LogP contribution is -2.50. The number of rotatable bonds is 4. The molecule has 2 aromatic rings. The van der Waals surface area contributed by atoms with Crippen LogP contribution in [0.3, 0.4) is 0 Å². The maximum Gasteiger partial charge on any atom is 0.321 e. The quantitative estimate of drug-likeness (QED) is 0.862. The van der Waals surface area contributed by atoms with Gasteiger partial charge in [-0.25, -0.2) is 14.8 Å². The first-order valence-corrected chi connectivity index (χ1v) is 10.6. The zero-order valence-electron chi connectivity index (χ0n) is 17.4. The summed E-state index contributed by atoms with van der Waals surface area (Å²) in [6.45, 7) is 9.13. The number of benzene rings is 1. The third-order valence-corrected chi connectivity index (χ3v) is 5.72. The molecule has 3 heterocycles. The molecule has 2 aliphatic heterocycles. The van der Waals surface area contributed by atoms with Crippen molar-refractivity contribution in [3.8, 4) is 0 Å². The Hall–Kier alpha value is -2.83. The van der Waals surface area contributed by atoms with Crippen molar-refractivity contribution in [1.82, 2.24) is 14.9 Å². The third kappa shape index (κ3) is 4.60. The lowest BCUT2D eigenvalue weighted by Gasteiger charge is -2.35. The van der Waals surface area contributed by atoms with E-state index in [2.05, 4.69) is 44.1 Å². The van der Waals surface area contributed by atoms with Crippen molar-refractivity contribution in [2.75, 3.05) is 54.4 Å². The van der Waals surface area contributed by atoms with E-state index in [4.69, 9.17) is 0 Å². The van der Waals surface area contributed by atoms with Gasteiger partial charge in [-0.05, 0) is 43.9 Å². The normalized spacial score (nSPS) is 17.0. The van der Waals surface area contributed by atoms with E-state index < -0.39 is 0 Å². The summed E-state index contributed by atoms with van der Waals surface area (Å²) in [4.78, 5) is 28.4. The van der Waals surface area contributed by atoms with Crippen molar-refractivity contribution in [3.63, 3.8) is 0 Å². The fraction of sp³-hybridized carbons (Fsp3) is 0.500. The molecule has 2 amide bonds. The molecule has 0 saturated carbocycles. The number of amides is 2. The Bertz CT molecular complexity index is 856. The average Bonchev–Trinajstić information content (AvgIpc) is 3.28. The Kier molecular flexibility index (Phi) is 5.83. The standard InChI is InChI=1S/C22H30N6O/c1-3-18-7-6-8-19(15-18)25-22(29)28-13-11-27(12-14-28)21-16-20(23-17(2)24-21)26-9-4-5-10-26/h6-8,15-16H,3-5,9-14H2,1-2H3,(H,25,29). The molecule has 1 N–H and O–H groups in total. The Labute approximate surface area is 172 Å². The van der Waals surface area contributed by atoms with E-state index in [0.29, 0.717) is 13.1 Å². The second-order valence-electron chi connectivity index (χ2n) is 7.78. The number of nitrogens with one attached hydrogen (secondary N) is 1. The van der Waals surface area contributed by atoms with E-state index >= 15 is 0 Å². The first-order valence-electron chi connectivity index (χ1n) is 10.6. The summed E-state index contributed by atoms with van der Waals surface area (Å²) in [6.07, 6.45) is 3.42. The maximum absolute atomic E-state index is 12.7. The minimum atomic E-state index is -0.0328. The maximum atomic E-state index is 12.7. The molecular weight excluding hydrogens is 364 g/mol. The van der Waals surface area contributed by atoms with E-state index in [1.807, 2.05) is 30.0 Å². The second-order valence-corrected chi connectivity index (χ2v) is 7.78. The summed E-state index contributed by atoms with van der Waals surface area (Å²) in [5.41, 5.74) is 2.08. The van der Waals surface area contributed by atoms with Gasteiger partial charge in [0.05, 0.1) is 0 Å². The van der Waals surface area contributed by atoms with Gasteiger partial charge in [-0.1, -0.05) is 19.1 Å². The van der Waals surface area contributed by atoms with Crippen molar-refractivity contribution < 1.29 is 4.79 Å². The van der Waals surface area contributed by atoms with Crippen LogP contribution in [0.1, 0.15) is 31.2 Å². The molecule has 0 spiro atoms. The minimum Gasteiger partial charge on any atom is -0.356 e. The molecule has 154 valence electrons. The van der Waals surface area contributed by atoms with Crippen LogP contribution >= 0.6 is 0 Å². The summed E-state index contributed by atoms with van der Waals surface area (Å²) in [6, 6.07) is 10.1. The van der Waals surface area contributed by atoms with E-state index in [9.17, 15) is 4.79 Å². The third-order valence-electron chi connectivity index (χ3n) is 5.72. The molecule has 0 bridgehead atoms. The monoisotopic (exact) mass is 394 g/mol. The fourth-order valence-electron chi connectivity index (χ4n) is 4.02. The zero-order chi connectivity index (χ0) is 20.2. The first kappa shape index (κ1) is 19.5. The summed E-state index contributed by atoms with van der Waals surface area (Å²) < 4.78 is 0. The SMILES string of the molecule is CCc1cccc(NC(=O)N2CCN(c3cc(N4CCCC4)nc(C)n3)CC2)c1. The molecule has 0 atom stereocenters. The van der Waals surface area contributed by atoms with Gasteiger partial charge < -0.3 is 20.0 Å². The molecular formula is C22H30N6O. The van der Waals surface area contributed by atoms with Gasteiger partial charge >= 0.3 is 6.03 Å². The van der Waals surface area contributed by atoms with E-state index in [1.54, 1.807) is 0 Å². The van der Waals surface area contributed by atoms with Crippen molar-refractivity contribution in [3.05, 3.63) is 41.7 Å². The van der Waals surface area contributed by atoms with Gasteiger partial charge in [0.25, 0.3) is 0 Å². The molecule has 2 aliphatic rings. The van der Waals surface area contributed by atoms with E-state index in [-0.39, 0.29) is 6.03 Å². The Balaban J connectivity index is 1.37. The number of urea groups is 1. The zero-order valence-corrected chi connectivity index (χ0v) is 17.4. The number of aromatic nitrogens is 2. The highest BCUT2D eigenvalue weighted by Gasteiger charge is 2.23. The van der Waals surface area contributed by atoms with Crippen LogP contribution < -0.4 is 15.1 Å². The van der Waals surface area contributed by atoms with Crippen LogP contribution in [0.5, 0.6) is 0 Å². The minimum absolute atomic E-state index is 0.0328. The first-order chi connectivity index (χ1) is 14.1. The van der Waals surface area contributed by atoms with Crippen molar-refractivity contribution in [2.24, 2.45) is 0 Å². The van der Waals surface area contributed by atoms with Gasteiger partial charge in [0.2, 0.25) is 0 Å². The van der Waals surface area contributed by atoms with Crippen LogP contribution in [-0.2, 0) is 6.42 Å². The smallest absolute Gasteiger partial charge is 0.321 e. The fourth-order valence-corrected chi connectivity index (χ4v) is 4.02. The Morgan fingerprint density at radius 3 is 2.28 bits per heavy atom. The van der Waals surface area contributed by atoms with E-state index in [1.165, 1.54) is 18.4 Å².